The lowest BCUT2D eigenvalue weighted by atomic mass is 10.2. The van der Waals surface area contributed by atoms with E-state index >= 15 is 0 Å². The summed E-state index contributed by atoms with van der Waals surface area (Å²) in [5.74, 6) is 0.0657. The van der Waals surface area contributed by atoms with E-state index in [2.05, 4.69) is 47.1 Å². The molecule has 2 heterocycles. The van der Waals surface area contributed by atoms with E-state index in [0.29, 0.717) is 26.2 Å². The third-order valence-electron chi connectivity index (χ3n) is 4.98. The van der Waals surface area contributed by atoms with Crippen molar-refractivity contribution in [3.8, 4) is 6.07 Å². The topological polar surface area (TPSA) is 59.8 Å². The van der Waals surface area contributed by atoms with E-state index in [1.165, 1.54) is 11.3 Å². The quantitative estimate of drug-likeness (QED) is 0.824. The average molecular weight is 342 g/mol. The molecule has 0 N–H and O–H groups in total. The number of aryl methyl sites for hydroxylation is 1. The van der Waals surface area contributed by atoms with Gasteiger partial charge in [-0.25, -0.2) is 0 Å². The van der Waals surface area contributed by atoms with Gasteiger partial charge >= 0.3 is 0 Å². The van der Waals surface area contributed by atoms with Gasteiger partial charge in [0.25, 0.3) is 0 Å². The molecule has 0 spiro atoms. The first kappa shape index (κ1) is 17.7. The molecule has 1 amide bonds. The fourth-order valence-corrected chi connectivity index (χ4v) is 3.46. The molecule has 0 bridgehead atoms. The van der Waals surface area contributed by atoms with Crippen LogP contribution >= 0.6 is 0 Å². The molecule has 1 aromatic rings. The molecule has 2 saturated heterocycles. The number of hydrogen-bond acceptors (Lipinski definition) is 5. The zero-order chi connectivity index (χ0) is 17.6. The zero-order valence-corrected chi connectivity index (χ0v) is 14.9. The normalized spacial score (nSPS) is 21.8. The second kappa shape index (κ2) is 8.32. The van der Waals surface area contributed by atoms with Crippen LogP contribution in [-0.2, 0) is 9.53 Å². The summed E-state index contributed by atoms with van der Waals surface area (Å²) >= 11 is 0. The van der Waals surface area contributed by atoms with E-state index < -0.39 is 6.04 Å². The summed E-state index contributed by atoms with van der Waals surface area (Å²) in [6, 6.07) is 10.3. The van der Waals surface area contributed by atoms with Crippen molar-refractivity contribution in [1.82, 2.24) is 9.80 Å². The number of nitrogens with zero attached hydrogens (tertiary/aromatic N) is 4. The van der Waals surface area contributed by atoms with Crippen molar-refractivity contribution in [2.24, 2.45) is 0 Å². The van der Waals surface area contributed by atoms with Gasteiger partial charge in [-0.3, -0.25) is 9.69 Å². The van der Waals surface area contributed by atoms with Crippen molar-refractivity contribution in [2.45, 2.75) is 19.4 Å². The smallest absolute Gasteiger partial charge is 0.225 e. The first-order valence-electron chi connectivity index (χ1n) is 8.98. The number of carbonyl (C=O) groups excluding carboxylic acids is 1. The van der Waals surface area contributed by atoms with Gasteiger partial charge in [0.15, 0.2) is 0 Å². The molecule has 0 aromatic heterocycles. The fourth-order valence-electron chi connectivity index (χ4n) is 3.46. The molecule has 0 unspecified atom stereocenters. The van der Waals surface area contributed by atoms with Crippen LogP contribution in [0.5, 0.6) is 0 Å². The number of piperazine rings is 1. The predicted octanol–water partition coefficient (Wildman–Crippen LogP) is 1.26. The molecule has 25 heavy (non-hydrogen) atoms. The number of ether oxygens (including phenoxy) is 1. The summed E-state index contributed by atoms with van der Waals surface area (Å²) in [6.07, 6.45) is 0.475. The Kier molecular flexibility index (Phi) is 5.90. The number of benzene rings is 1. The summed E-state index contributed by atoms with van der Waals surface area (Å²) in [5.41, 5.74) is 2.56. The average Bonchev–Trinajstić information content (AvgIpc) is 2.66. The number of nitriles is 1. The van der Waals surface area contributed by atoms with E-state index in [1.807, 2.05) is 0 Å². The van der Waals surface area contributed by atoms with Crippen LogP contribution in [0.2, 0.25) is 0 Å². The third-order valence-corrected chi connectivity index (χ3v) is 4.98. The van der Waals surface area contributed by atoms with Crippen LogP contribution in [0.15, 0.2) is 24.3 Å². The first-order chi connectivity index (χ1) is 12.2. The number of anilines is 1. The molecule has 3 rings (SSSR count). The minimum absolute atomic E-state index is 0.0657. The summed E-state index contributed by atoms with van der Waals surface area (Å²) in [5, 5.41) is 9.14. The van der Waals surface area contributed by atoms with Crippen molar-refractivity contribution < 1.29 is 9.53 Å². The highest BCUT2D eigenvalue weighted by Crippen LogP contribution is 2.18. The van der Waals surface area contributed by atoms with Crippen LogP contribution in [0.4, 0.5) is 5.69 Å². The number of rotatable bonds is 4. The lowest BCUT2D eigenvalue weighted by molar-refractivity contribution is -0.138. The van der Waals surface area contributed by atoms with Gasteiger partial charge in [-0.15, -0.1) is 0 Å². The Morgan fingerprint density at radius 3 is 2.80 bits per heavy atom. The fraction of sp³-hybridized carbons (Fsp3) is 0.579. The number of amides is 1. The predicted molar refractivity (Wildman–Crippen MR) is 96.4 cm³/mol. The van der Waals surface area contributed by atoms with Gasteiger partial charge in [0.05, 0.1) is 19.3 Å². The van der Waals surface area contributed by atoms with Gasteiger partial charge in [0.1, 0.15) is 6.04 Å². The zero-order valence-electron chi connectivity index (χ0n) is 14.9. The Balaban J connectivity index is 1.45. The van der Waals surface area contributed by atoms with Gasteiger partial charge in [-0.2, -0.15) is 5.26 Å². The van der Waals surface area contributed by atoms with Crippen molar-refractivity contribution in [2.75, 3.05) is 57.4 Å². The molecule has 6 heteroatoms. The summed E-state index contributed by atoms with van der Waals surface area (Å²) in [4.78, 5) is 18.8. The first-order valence-corrected chi connectivity index (χ1v) is 8.98. The lowest BCUT2D eigenvalue weighted by Gasteiger charge is -2.37. The van der Waals surface area contributed by atoms with Crippen LogP contribution in [0.1, 0.15) is 12.0 Å². The molecule has 0 saturated carbocycles. The largest absolute Gasteiger partial charge is 0.376 e. The van der Waals surface area contributed by atoms with Crippen LogP contribution in [0, 0.1) is 18.3 Å². The molecule has 0 radical (unpaired) electrons. The minimum Gasteiger partial charge on any atom is -0.376 e. The highest BCUT2D eigenvalue weighted by molar-refractivity contribution is 5.77. The van der Waals surface area contributed by atoms with Crippen LogP contribution in [0.25, 0.3) is 0 Å². The van der Waals surface area contributed by atoms with E-state index in [4.69, 9.17) is 10.00 Å². The molecule has 6 nitrogen and oxygen atoms in total. The van der Waals surface area contributed by atoms with Crippen molar-refractivity contribution in [3.05, 3.63) is 29.8 Å². The van der Waals surface area contributed by atoms with Crippen LogP contribution in [0.3, 0.4) is 0 Å². The molecule has 134 valence electrons. The second-order valence-electron chi connectivity index (χ2n) is 6.72. The van der Waals surface area contributed by atoms with Gasteiger partial charge in [-0.1, -0.05) is 12.1 Å². The van der Waals surface area contributed by atoms with E-state index in [-0.39, 0.29) is 5.91 Å². The summed E-state index contributed by atoms with van der Waals surface area (Å²) < 4.78 is 5.28. The van der Waals surface area contributed by atoms with Crippen molar-refractivity contribution in [3.63, 3.8) is 0 Å². The Morgan fingerprint density at radius 1 is 1.28 bits per heavy atom. The van der Waals surface area contributed by atoms with Gasteiger partial charge in [-0.05, 0) is 24.6 Å². The van der Waals surface area contributed by atoms with Crippen LogP contribution in [-0.4, -0.2) is 74.2 Å². The number of hydrogen-bond donors (Lipinski definition) is 0. The standard InChI is InChI=1S/C19H26N4O2/c1-16-3-2-4-17(13-16)22-9-7-21(8-10-22)6-5-19(24)23-11-12-25-15-18(23)14-20/h2-4,13,18H,5-12,15H2,1H3/t18-/m0/s1. The monoisotopic (exact) mass is 342 g/mol. The third kappa shape index (κ3) is 4.50. The maximum Gasteiger partial charge on any atom is 0.225 e. The Bertz CT molecular complexity index is 635. The molecule has 2 fully saturated rings. The molecule has 1 atom stereocenters. The van der Waals surface area contributed by atoms with Gasteiger partial charge in [0, 0.05) is 51.4 Å². The van der Waals surface area contributed by atoms with E-state index in [9.17, 15) is 4.79 Å². The van der Waals surface area contributed by atoms with Crippen molar-refractivity contribution >= 4 is 11.6 Å². The summed E-state index contributed by atoms with van der Waals surface area (Å²) in [6.45, 7) is 8.15. The van der Waals surface area contributed by atoms with Gasteiger partial charge < -0.3 is 14.5 Å². The molecule has 2 aliphatic rings. The molecule has 1 aromatic carbocycles. The van der Waals surface area contributed by atoms with E-state index in [1.54, 1.807) is 4.90 Å². The lowest BCUT2D eigenvalue weighted by Crippen LogP contribution is -2.50. The second-order valence-corrected chi connectivity index (χ2v) is 6.72. The SMILES string of the molecule is Cc1cccc(N2CCN(CCC(=O)N3CCOC[C@@H]3C#N)CC2)c1. The summed E-state index contributed by atoms with van der Waals surface area (Å²) in [7, 11) is 0. The molecular weight excluding hydrogens is 316 g/mol. The Morgan fingerprint density at radius 2 is 2.08 bits per heavy atom. The number of carbonyl (C=O) groups is 1. The Hall–Kier alpha value is -2.10. The maximum atomic E-state index is 12.4. The molecule has 0 aliphatic carbocycles. The van der Waals surface area contributed by atoms with E-state index in [0.717, 1.165) is 32.7 Å². The Labute approximate surface area is 149 Å². The number of morpholine rings is 1. The highest BCUT2D eigenvalue weighted by atomic mass is 16.5. The maximum absolute atomic E-state index is 12.4. The van der Waals surface area contributed by atoms with Gasteiger partial charge in [0.2, 0.25) is 5.91 Å². The van der Waals surface area contributed by atoms with Crippen molar-refractivity contribution in [1.29, 1.82) is 5.26 Å². The molecular formula is C19H26N4O2. The van der Waals surface area contributed by atoms with Crippen LogP contribution < -0.4 is 4.90 Å². The minimum atomic E-state index is -0.431. The highest BCUT2D eigenvalue weighted by Gasteiger charge is 2.27. The molecule has 2 aliphatic heterocycles.